The van der Waals surface area contributed by atoms with Gasteiger partial charge in [0.15, 0.2) is 0 Å². The molecule has 34 heteroatoms. The van der Waals surface area contributed by atoms with E-state index in [9.17, 15) is 72.3 Å². The molecule has 28 nitrogen and oxygen atoms in total. The molecular weight excluding hydrogens is 1080 g/mol. The van der Waals surface area contributed by atoms with Crippen LogP contribution in [-0.4, -0.2) is 155 Å². The van der Waals surface area contributed by atoms with Crippen LogP contribution in [0.4, 0.5) is 58.4 Å². The van der Waals surface area contributed by atoms with Gasteiger partial charge in [0, 0.05) is 48.9 Å². The van der Waals surface area contributed by atoms with Gasteiger partial charge in [-0.15, -0.1) is 0 Å². The Bertz CT molecular complexity index is 3410. The van der Waals surface area contributed by atoms with Crippen molar-refractivity contribution in [1.29, 1.82) is 0 Å². The molecule has 4 aromatic carbocycles. The third-order valence-corrected chi connectivity index (χ3v) is 13.1. The fourth-order valence-corrected chi connectivity index (χ4v) is 8.81. The molecule has 0 aliphatic rings. The summed E-state index contributed by atoms with van der Waals surface area (Å²) in [5.41, 5.74) is -0.347. The zero-order chi connectivity index (χ0) is 52.4. The number of hydrogen-bond donors (Lipinski definition) is 10. The minimum atomic E-state index is -5.30. The van der Waals surface area contributed by atoms with Crippen LogP contribution in [0.15, 0.2) is 105 Å². The van der Waals surface area contributed by atoms with Gasteiger partial charge in [-0.05, 0) is 77.9 Å². The van der Waals surface area contributed by atoms with Crippen LogP contribution in [0.2, 0.25) is 0 Å². The smallest absolute Gasteiger partial charge is 0.744 e. The number of aromatic nitrogens is 6. The summed E-state index contributed by atoms with van der Waals surface area (Å²) in [6.07, 6.45) is 2.13. The standard InChI is InChI=1S/C40H44N12O16S4.2Na/c53-18-14-51(15-19-54)39-47-35(41-27-10-12-31(13-11-27)69(57,58)59)45-37(49-39)43-29-8-6-25(33(23-29)71(63,64)65)4-5-26-7-9-30(24-34(26)72(66,67)68)44-38-46-36(48-40(50-38)52(16-20-55)17-21-56)42-28-2-1-3-32(22-28)70(60,61)62;;/h1-13,22-24,53-56H,14-21H2,(H,57,58,59)(H,60,61,62)(H,63,64,65)(H,66,67,68)(H2,41,43,45,47,49)(H2,42,44,46,48,50);;/q;2*+1/p-2. The van der Waals surface area contributed by atoms with Crippen molar-refractivity contribution in [2.75, 3.05) is 83.7 Å². The second-order valence-electron chi connectivity index (χ2n) is 14.7. The predicted molar refractivity (Wildman–Crippen MR) is 256 cm³/mol. The SMILES string of the molecule is O=S(=O)([O-])c1cc(Nc2nc(Nc3ccc(S(=O)(=O)O)cc3)nc(N(CCO)CCO)n2)ccc1C=Cc1ccc(Nc2nc(Nc3cccc(S(=O)(=O)O)c3)nc(N(CCO)CCO)n2)cc1S(=O)(=O)[O-].[Na+].[Na+]. The fraction of sp³-hybridized carbons (Fsp3) is 0.200. The van der Waals surface area contributed by atoms with Crippen LogP contribution in [0.3, 0.4) is 0 Å². The molecule has 2 heterocycles. The summed E-state index contributed by atoms with van der Waals surface area (Å²) in [5, 5.41) is 49.7. The summed E-state index contributed by atoms with van der Waals surface area (Å²) in [5.74, 6) is -1.17. The Balaban J connectivity index is 0.00000593. The topological polar surface area (TPSA) is 436 Å². The van der Waals surface area contributed by atoms with Crippen molar-refractivity contribution in [2.24, 2.45) is 0 Å². The van der Waals surface area contributed by atoms with Gasteiger partial charge in [0.05, 0.1) is 46.0 Å². The normalized spacial score (nSPS) is 11.8. The number of benzene rings is 4. The molecule has 0 bridgehead atoms. The quantitative estimate of drug-likeness (QED) is 0.0154. The molecule has 10 N–H and O–H groups in total. The number of nitrogens with one attached hydrogen (secondary N) is 4. The molecule has 0 aliphatic heterocycles. The average molecular weight is 1120 g/mol. The van der Waals surface area contributed by atoms with Crippen LogP contribution in [-0.2, 0) is 40.5 Å². The Morgan fingerprint density at radius 1 is 0.446 bits per heavy atom. The summed E-state index contributed by atoms with van der Waals surface area (Å²) in [7, 11) is -19.7. The van der Waals surface area contributed by atoms with Crippen LogP contribution in [0, 0.1) is 0 Å². The molecule has 0 spiro atoms. The number of aliphatic hydroxyl groups excluding tert-OH is 4. The number of aliphatic hydroxyl groups is 4. The summed E-state index contributed by atoms with van der Waals surface area (Å²) >= 11 is 0. The average Bonchev–Trinajstić information content (AvgIpc) is 3.30. The molecule has 6 aromatic rings. The predicted octanol–water partition coefficient (Wildman–Crippen LogP) is -4.91. The molecule has 0 aliphatic carbocycles. The van der Waals surface area contributed by atoms with E-state index < -0.39 is 73.3 Å². The van der Waals surface area contributed by atoms with Crippen molar-refractivity contribution < 1.29 is 131 Å². The van der Waals surface area contributed by atoms with Crippen LogP contribution >= 0.6 is 0 Å². The molecule has 0 fully saturated rings. The third kappa shape index (κ3) is 17.2. The molecule has 0 atom stereocenters. The summed E-state index contributed by atoms with van der Waals surface area (Å²) < 4.78 is 141. The van der Waals surface area contributed by atoms with Crippen molar-refractivity contribution in [1.82, 2.24) is 29.9 Å². The largest absolute Gasteiger partial charge is 1.00 e. The van der Waals surface area contributed by atoms with E-state index in [1.54, 1.807) is 0 Å². The maximum Gasteiger partial charge on any atom is 1.00 e. The first-order valence-corrected chi connectivity index (χ1v) is 26.2. The molecular formula is C40H42N12Na2O16S4. The van der Waals surface area contributed by atoms with E-state index in [1.807, 2.05) is 0 Å². The van der Waals surface area contributed by atoms with Crippen LogP contribution in [0.25, 0.3) is 12.2 Å². The maximum absolute atomic E-state index is 12.7. The minimum absolute atomic E-state index is 0. The molecule has 0 amide bonds. The van der Waals surface area contributed by atoms with Gasteiger partial charge < -0.3 is 60.6 Å². The first-order chi connectivity index (χ1) is 34.0. The molecule has 0 saturated carbocycles. The van der Waals surface area contributed by atoms with Gasteiger partial charge in [0.25, 0.3) is 20.2 Å². The van der Waals surface area contributed by atoms with Crippen molar-refractivity contribution in [3.05, 3.63) is 96.1 Å². The molecule has 384 valence electrons. The molecule has 6 rings (SSSR count). The number of rotatable bonds is 24. The van der Waals surface area contributed by atoms with Gasteiger partial charge in [-0.3, -0.25) is 9.11 Å². The van der Waals surface area contributed by atoms with E-state index in [0.29, 0.717) is 0 Å². The second-order valence-corrected chi connectivity index (χ2v) is 20.2. The molecule has 0 saturated heterocycles. The van der Waals surface area contributed by atoms with E-state index in [1.165, 1.54) is 58.3 Å². The van der Waals surface area contributed by atoms with Crippen LogP contribution in [0.1, 0.15) is 11.1 Å². The Morgan fingerprint density at radius 3 is 1.12 bits per heavy atom. The third-order valence-electron chi connectivity index (χ3n) is 9.61. The number of hydrogen-bond acceptors (Lipinski definition) is 26. The minimum Gasteiger partial charge on any atom is -0.744 e. The van der Waals surface area contributed by atoms with Gasteiger partial charge in [0.1, 0.15) is 20.2 Å². The van der Waals surface area contributed by atoms with E-state index in [2.05, 4.69) is 51.2 Å². The van der Waals surface area contributed by atoms with Crippen LogP contribution in [0.5, 0.6) is 0 Å². The second kappa shape index (κ2) is 26.6. The van der Waals surface area contributed by atoms with Crippen molar-refractivity contribution in [3.8, 4) is 0 Å². The monoisotopic (exact) mass is 1120 g/mol. The van der Waals surface area contributed by atoms with E-state index >= 15 is 0 Å². The van der Waals surface area contributed by atoms with Gasteiger partial charge in [-0.2, -0.15) is 46.7 Å². The zero-order valence-corrected chi connectivity index (χ0v) is 46.1. The van der Waals surface area contributed by atoms with Crippen molar-refractivity contribution in [2.45, 2.75) is 19.6 Å². The number of nitrogens with zero attached hydrogens (tertiary/aromatic N) is 8. The molecule has 74 heavy (non-hydrogen) atoms. The Labute approximate surface area is 467 Å². The van der Waals surface area contributed by atoms with Gasteiger partial charge in [-0.25, -0.2) is 16.8 Å². The first-order valence-electron chi connectivity index (χ1n) is 20.5. The maximum atomic E-state index is 12.7. The summed E-state index contributed by atoms with van der Waals surface area (Å²) in [6.45, 7) is -1.85. The fourth-order valence-electron chi connectivity index (χ4n) is 6.42. The molecule has 0 radical (unpaired) electrons. The van der Waals surface area contributed by atoms with E-state index in [-0.39, 0.29) is 168 Å². The summed E-state index contributed by atoms with van der Waals surface area (Å²) in [6, 6.07) is 16.5. The van der Waals surface area contributed by atoms with E-state index in [0.717, 1.165) is 48.6 Å². The van der Waals surface area contributed by atoms with E-state index in [4.69, 9.17) is 0 Å². The molecule has 0 unspecified atom stereocenters. The van der Waals surface area contributed by atoms with Crippen molar-refractivity contribution in [3.63, 3.8) is 0 Å². The van der Waals surface area contributed by atoms with Gasteiger partial charge in [-0.1, -0.05) is 30.4 Å². The van der Waals surface area contributed by atoms with Gasteiger partial charge in [0.2, 0.25) is 35.7 Å². The Morgan fingerprint density at radius 2 is 0.784 bits per heavy atom. The Kier molecular flexibility index (Phi) is 22.1. The number of anilines is 10. The van der Waals surface area contributed by atoms with Crippen LogP contribution < -0.4 is 90.2 Å². The zero-order valence-electron chi connectivity index (χ0n) is 38.9. The molecule has 2 aromatic heterocycles. The first kappa shape index (κ1) is 61.5. The Hall–Kier alpha value is -5.08. The van der Waals surface area contributed by atoms with Crippen molar-refractivity contribution >= 4 is 111 Å². The van der Waals surface area contributed by atoms with Gasteiger partial charge >= 0.3 is 59.1 Å². The summed E-state index contributed by atoms with van der Waals surface area (Å²) in [4.78, 5) is 25.8.